The van der Waals surface area contributed by atoms with Gasteiger partial charge in [0.1, 0.15) is 0 Å². The van der Waals surface area contributed by atoms with E-state index in [2.05, 4.69) is 4.90 Å². The van der Waals surface area contributed by atoms with E-state index in [0.717, 1.165) is 19.4 Å². The molecule has 0 radical (unpaired) electrons. The maximum absolute atomic E-state index is 13.6. The SMILES string of the molecule is O=C(CCN1CCC[C@H](n2nc(C(=O)N3CCOCC3)c3c2-c2cccc(Cl)c2S(=O)(=O)C3)C1)N1CCC(F)(F)C1. The molecule has 6 rings (SSSR count). The van der Waals surface area contributed by atoms with Crippen molar-refractivity contribution in [3.05, 3.63) is 34.5 Å². The minimum absolute atomic E-state index is 0.0429. The number of carbonyl (C=O) groups is 2. The third kappa shape index (κ3) is 5.49. The number of likely N-dealkylation sites (tertiary alicyclic amines) is 2. The molecule has 3 fully saturated rings. The van der Waals surface area contributed by atoms with Gasteiger partial charge < -0.3 is 19.4 Å². The topological polar surface area (TPSA) is 105 Å². The molecule has 5 heterocycles. The van der Waals surface area contributed by atoms with Crippen molar-refractivity contribution in [2.75, 3.05) is 59.0 Å². The number of sulfone groups is 1. The number of carbonyl (C=O) groups excluding carboxylic acids is 2. The number of alkyl halides is 2. The predicted octanol–water partition coefficient (Wildman–Crippen LogP) is 2.86. The average molecular weight is 612 g/mol. The number of nitrogens with zero attached hydrogens (tertiary/aromatic N) is 5. The number of hydrogen-bond donors (Lipinski definition) is 0. The van der Waals surface area contributed by atoms with Crippen LogP contribution in [0.25, 0.3) is 11.3 Å². The van der Waals surface area contributed by atoms with Gasteiger partial charge in [-0.1, -0.05) is 23.7 Å². The van der Waals surface area contributed by atoms with Gasteiger partial charge in [0.2, 0.25) is 5.91 Å². The van der Waals surface area contributed by atoms with Gasteiger partial charge in [0, 0.05) is 56.7 Å². The second-order valence-corrected chi connectivity index (χ2v) is 13.5. The van der Waals surface area contributed by atoms with Crippen LogP contribution in [0.2, 0.25) is 5.02 Å². The van der Waals surface area contributed by atoms with Gasteiger partial charge in [-0.05, 0) is 25.5 Å². The van der Waals surface area contributed by atoms with Crippen LogP contribution in [0, 0.1) is 0 Å². The Hall–Kier alpha value is -2.61. The van der Waals surface area contributed by atoms with Crippen LogP contribution in [0.1, 0.15) is 47.8 Å². The van der Waals surface area contributed by atoms with Gasteiger partial charge in [-0.25, -0.2) is 17.2 Å². The Morgan fingerprint density at radius 3 is 2.63 bits per heavy atom. The number of piperidine rings is 1. The number of benzene rings is 1. The molecule has 3 saturated heterocycles. The Balaban J connectivity index is 1.30. The summed E-state index contributed by atoms with van der Waals surface area (Å²) in [5.74, 6) is -3.82. The van der Waals surface area contributed by atoms with E-state index in [-0.39, 0.29) is 58.6 Å². The van der Waals surface area contributed by atoms with E-state index in [1.165, 1.54) is 4.90 Å². The Bertz CT molecular complexity index is 1480. The highest BCUT2D eigenvalue weighted by molar-refractivity contribution is 7.91. The number of fused-ring (bicyclic) bond motifs is 3. The maximum Gasteiger partial charge on any atom is 0.274 e. The fraction of sp³-hybridized carbons (Fsp3) is 0.593. The van der Waals surface area contributed by atoms with Crippen molar-refractivity contribution in [3.63, 3.8) is 0 Å². The van der Waals surface area contributed by atoms with Crippen LogP contribution in [0.4, 0.5) is 8.78 Å². The van der Waals surface area contributed by atoms with Crippen molar-refractivity contribution in [1.29, 1.82) is 0 Å². The highest BCUT2D eigenvalue weighted by atomic mass is 35.5. The van der Waals surface area contributed by atoms with Gasteiger partial charge in [-0.2, -0.15) is 5.10 Å². The molecule has 41 heavy (non-hydrogen) atoms. The van der Waals surface area contributed by atoms with Gasteiger partial charge in [0.05, 0.1) is 47.2 Å². The van der Waals surface area contributed by atoms with E-state index in [4.69, 9.17) is 21.4 Å². The molecule has 0 unspecified atom stereocenters. The van der Waals surface area contributed by atoms with Crippen molar-refractivity contribution in [2.24, 2.45) is 0 Å². The summed E-state index contributed by atoms with van der Waals surface area (Å²) in [4.78, 5) is 31.3. The summed E-state index contributed by atoms with van der Waals surface area (Å²) in [5.41, 5.74) is 1.50. The molecular weight excluding hydrogens is 580 g/mol. The lowest BCUT2D eigenvalue weighted by atomic mass is 10.0. The first kappa shape index (κ1) is 28.5. The minimum atomic E-state index is -3.82. The molecule has 2 aromatic rings. The van der Waals surface area contributed by atoms with E-state index in [9.17, 15) is 26.8 Å². The number of halogens is 3. The molecule has 0 spiro atoms. The molecule has 1 aromatic heterocycles. The maximum atomic E-state index is 13.6. The summed E-state index contributed by atoms with van der Waals surface area (Å²) in [6.07, 6.45) is 1.37. The lowest BCUT2D eigenvalue weighted by molar-refractivity contribution is -0.132. The van der Waals surface area contributed by atoms with Crippen molar-refractivity contribution in [3.8, 4) is 11.3 Å². The van der Waals surface area contributed by atoms with Crippen LogP contribution in [0.5, 0.6) is 0 Å². The van der Waals surface area contributed by atoms with Crippen LogP contribution in [0.3, 0.4) is 0 Å². The second kappa shape index (κ2) is 10.9. The first-order valence-electron chi connectivity index (χ1n) is 13.9. The largest absolute Gasteiger partial charge is 0.378 e. The monoisotopic (exact) mass is 611 g/mol. The van der Waals surface area contributed by atoms with Crippen LogP contribution < -0.4 is 0 Å². The van der Waals surface area contributed by atoms with Crippen LogP contribution >= 0.6 is 11.6 Å². The summed E-state index contributed by atoms with van der Waals surface area (Å²) < 4.78 is 61.1. The highest BCUT2D eigenvalue weighted by Gasteiger charge is 2.41. The molecule has 0 bridgehead atoms. The van der Waals surface area contributed by atoms with E-state index in [0.29, 0.717) is 56.2 Å². The summed E-state index contributed by atoms with van der Waals surface area (Å²) in [6, 6.07) is 4.73. The van der Waals surface area contributed by atoms with Gasteiger partial charge >= 0.3 is 0 Å². The van der Waals surface area contributed by atoms with E-state index < -0.39 is 22.3 Å². The number of hydrogen-bond acceptors (Lipinski definition) is 7. The van der Waals surface area contributed by atoms with Gasteiger partial charge in [-0.15, -0.1) is 0 Å². The summed E-state index contributed by atoms with van der Waals surface area (Å²) in [5, 5.41) is 4.91. The number of morpholine rings is 1. The normalized spacial score (nSPS) is 23.7. The number of amides is 2. The van der Waals surface area contributed by atoms with E-state index in [1.807, 2.05) is 0 Å². The number of rotatable bonds is 5. The molecular formula is C27H32ClF2N5O5S. The molecule has 1 atom stereocenters. The number of ether oxygens (including phenoxy) is 1. The van der Waals surface area contributed by atoms with Crippen molar-refractivity contribution in [1.82, 2.24) is 24.5 Å². The van der Waals surface area contributed by atoms with Gasteiger partial charge in [-0.3, -0.25) is 14.3 Å². The first-order valence-corrected chi connectivity index (χ1v) is 15.9. The van der Waals surface area contributed by atoms with Crippen LogP contribution in [-0.2, 0) is 25.1 Å². The first-order chi connectivity index (χ1) is 19.5. The quantitative estimate of drug-likeness (QED) is 0.512. The smallest absolute Gasteiger partial charge is 0.274 e. The van der Waals surface area contributed by atoms with Gasteiger partial charge in [0.25, 0.3) is 11.8 Å². The predicted molar refractivity (Wildman–Crippen MR) is 146 cm³/mol. The third-order valence-electron chi connectivity index (χ3n) is 8.37. The molecule has 0 N–H and O–H groups in total. The van der Waals surface area contributed by atoms with Crippen molar-refractivity contribution < 1.29 is 31.5 Å². The third-order valence-corrected chi connectivity index (χ3v) is 10.5. The summed E-state index contributed by atoms with van der Waals surface area (Å²) in [7, 11) is -3.82. The zero-order chi connectivity index (χ0) is 28.9. The number of aromatic nitrogens is 2. The molecule has 222 valence electrons. The van der Waals surface area contributed by atoms with Crippen LogP contribution in [-0.4, -0.2) is 110 Å². The van der Waals surface area contributed by atoms with Gasteiger partial charge in [0.15, 0.2) is 15.5 Å². The van der Waals surface area contributed by atoms with E-state index in [1.54, 1.807) is 27.8 Å². The zero-order valence-corrected chi connectivity index (χ0v) is 24.1. The fourth-order valence-corrected chi connectivity index (χ4v) is 8.50. The van der Waals surface area contributed by atoms with Crippen molar-refractivity contribution in [2.45, 2.75) is 48.3 Å². The molecule has 4 aliphatic heterocycles. The minimum Gasteiger partial charge on any atom is -0.378 e. The lowest BCUT2D eigenvalue weighted by Crippen LogP contribution is -2.41. The molecule has 0 aliphatic carbocycles. The zero-order valence-electron chi connectivity index (χ0n) is 22.5. The van der Waals surface area contributed by atoms with Crippen LogP contribution in [0.15, 0.2) is 23.1 Å². The molecule has 4 aliphatic rings. The Morgan fingerprint density at radius 1 is 1.12 bits per heavy atom. The Morgan fingerprint density at radius 2 is 1.90 bits per heavy atom. The molecule has 10 nitrogen and oxygen atoms in total. The Kier molecular flexibility index (Phi) is 7.58. The Labute approximate surface area is 242 Å². The summed E-state index contributed by atoms with van der Waals surface area (Å²) in [6.45, 7) is 2.79. The second-order valence-electron chi connectivity index (χ2n) is 11.2. The van der Waals surface area contributed by atoms with Crippen molar-refractivity contribution >= 4 is 33.3 Å². The summed E-state index contributed by atoms with van der Waals surface area (Å²) >= 11 is 6.40. The molecule has 1 aromatic carbocycles. The van der Waals surface area contributed by atoms with E-state index >= 15 is 0 Å². The average Bonchev–Trinajstić information content (AvgIpc) is 3.51. The standard InChI is InChI=1S/C27H32ClF2N5O5S/c28-21-5-1-4-19-24-20(16-41(38,39)25(19)21)23(26(37)33-11-13-40-14-12-33)31-35(24)18-3-2-8-32(15-18)9-6-22(36)34-10-7-27(29,30)17-34/h1,4-5,18H,2-3,6-17H2/t18-/m0/s1. The highest BCUT2D eigenvalue weighted by Crippen LogP contribution is 2.44. The molecule has 2 amide bonds. The lowest BCUT2D eigenvalue weighted by Gasteiger charge is -2.34. The molecule has 0 saturated carbocycles. The fourth-order valence-electron chi connectivity index (χ4n) is 6.31. The molecule has 14 heteroatoms.